The second kappa shape index (κ2) is 47.0. The maximum absolute atomic E-state index is 12.7. The highest BCUT2D eigenvalue weighted by Crippen LogP contribution is 2.13. The second-order valence-electron chi connectivity index (χ2n) is 15.3. The molecule has 0 heterocycles. The number of hydrogen-bond donors (Lipinski definition) is 0. The highest BCUT2D eigenvalue weighted by atomic mass is 16.6. The molecule has 334 valence electrons. The van der Waals surface area contributed by atoms with Gasteiger partial charge in [-0.25, -0.2) is 0 Å². The number of ether oxygens (including phenoxy) is 3. The van der Waals surface area contributed by atoms with E-state index in [1.54, 1.807) is 0 Å². The van der Waals surface area contributed by atoms with Crippen LogP contribution in [0, 0.1) is 0 Å². The van der Waals surface area contributed by atoms with Crippen LogP contribution in [-0.4, -0.2) is 37.2 Å². The van der Waals surface area contributed by atoms with Crippen molar-refractivity contribution in [3.63, 3.8) is 0 Å². The van der Waals surface area contributed by atoms with E-state index in [1.807, 2.05) is 0 Å². The van der Waals surface area contributed by atoms with E-state index in [2.05, 4.69) is 118 Å². The van der Waals surface area contributed by atoms with Gasteiger partial charge in [-0.3, -0.25) is 14.4 Å². The monoisotopic (exact) mass is 819 g/mol. The first-order chi connectivity index (χ1) is 29.0. The predicted octanol–water partition coefficient (Wildman–Crippen LogP) is 15.4. The minimum atomic E-state index is -0.813. The highest BCUT2D eigenvalue weighted by Gasteiger charge is 2.19. The number of esters is 3. The van der Waals surface area contributed by atoms with Gasteiger partial charge < -0.3 is 14.2 Å². The van der Waals surface area contributed by atoms with Crippen molar-refractivity contribution in [3.8, 4) is 0 Å². The van der Waals surface area contributed by atoms with Gasteiger partial charge in [-0.1, -0.05) is 182 Å². The zero-order valence-corrected chi connectivity index (χ0v) is 38.0. The maximum Gasteiger partial charge on any atom is 0.306 e. The van der Waals surface area contributed by atoms with Crippen molar-refractivity contribution >= 4 is 17.9 Å². The molecule has 0 saturated carbocycles. The first-order valence-corrected chi connectivity index (χ1v) is 23.7. The molecule has 0 bridgehead atoms. The van der Waals surface area contributed by atoms with Crippen LogP contribution in [0.3, 0.4) is 0 Å². The third-order valence-electron chi connectivity index (χ3n) is 9.58. The van der Waals surface area contributed by atoms with Gasteiger partial charge in [0.05, 0.1) is 0 Å². The predicted molar refractivity (Wildman–Crippen MR) is 251 cm³/mol. The third kappa shape index (κ3) is 45.3. The second-order valence-corrected chi connectivity index (χ2v) is 15.3. The summed E-state index contributed by atoms with van der Waals surface area (Å²) < 4.78 is 16.7. The van der Waals surface area contributed by atoms with Crippen LogP contribution in [0.15, 0.2) is 97.2 Å². The Kier molecular flexibility index (Phi) is 44.1. The summed E-state index contributed by atoms with van der Waals surface area (Å²) in [7, 11) is 0. The fraction of sp³-hybridized carbons (Fsp3) is 0.642. The molecule has 1 atom stereocenters. The number of carbonyl (C=O) groups excluding carboxylic acids is 3. The first-order valence-electron chi connectivity index (χ1n) is 23.7. The lowest BCUT2D eigenvalue weighted by Crippen LogP contribution is -2.30. The Bertz CT molecular complexity index is 1220. The molecule has 0 radical (unpaired) electrons. The molecule has 0 saturated heterocycles. The van der Waals surface area contributed by atoms with Gasteiger partial charge in [-0.2, -0.15) is 0 Å². The molecule has 0 rings (SSSR count). The van der Waals surface area contributed by atoms with Gasteiger partial charge >= 0.3 is 17.9 Å². The SMILES string of the molecule is CC/C=C\C/C=C\C/C=C\C/C=C\CCCCC(=O)OCC(COC(=O)CCCCCCCCCCCCC)OC(=O)CCCC/C=C\C/C=C\C/C=C\C/C=C\CC. The molecule has 0 spiro atoms. The first kappa shape index (κ1) is 55.3. The topological polar surface area (TPSA) is 78.9 Å². The van der Waals surface area contributed by atoms with Crippen molar-refractivity contribution in [3.05, 3.63) is 97.2 Å². The van der Waals surface area contributed by atoms with Crippen molar-refractivity contribution in [1.29, 1.82) is 0 Å². The van der Waals surface area contributed by atoms with Gasteiger partial charge in [0.25, 0.3) is 0 Å². The number of rotatable bonds is 41. The summed E-state index contributed by atoms with van der Waals surface area (Å²) in [6.45, 7) is 6.31. The summed E-state index contributed by atoms with van der Waals surface area (Å²) >= 11 is 0. The van der Waals surface area contributed by atoms with Crippen LogP contribution < -0.4 is 0 Å². The van der Waals surface area contributed by atoms with E-state index in [1.165, 1.54) is 51.4 Å². The molecular weight excluding hydrogens is 733 g/mol. The van der Waals surface area contributed by atoms with Crippen LogP contribution in [0.1, 0.15) is 201 Å². The number of allylic oxidation sites excluding steroid dienone is 16. The standard InChI is InChI=1S/C53H86O6/c1-4-7-10-13-16-19-22-24-26-28-31-34-37-40-43-46-52(55)58-49-50(48-57-51(54)45-42-39-36-33-30-21-18-15-12-9-6-3)59-53(56)47-44-41-38-35-32-29-27-25-23-20-17-14-11-8-5-2/h7-8,10-11,16-17,19-20,24-27,31-32,34-35,50H,4-6,9,12-15,18,21-23,28-30,33,36-49H2,1-3H3/b10-7-,11-8-,19-16-,20-17-,26-24-,27-25-,34-31-,35-32-. The lowest BCUT2D eigenvalue weighted by atomic mass is 10.1. The van der Waals surface area contributed by atoms with Gasteiger partial charge in [0.15, 0.2) is 6.10 Å². The maximum atomic E-state index is 12.7. The highest BCUT2D eigenvalue weighted by molar-refractivity contribution is 5.71. The Morgan fingerprint density at radius 2 is 0.661 bits per heavy atom. The molecule has 0 aromatic rings. The smallest absolute Gasteiger partial charge is 0.306 e. The van der Waals surface area contributed by atoms with E-state index in [0.717, 1.165) is 96.3 Å². The van der Waals surface area contributed by atoms with Crippen LogP contribution in [0.25, 0.3) is 0 Å². The van der Waals surface area contributed by atoms with Crippen LogP contribution in [0.5, 0.6) is 0 Å². The molecule has 6 nitrogen and oxygen atoms in total. The Morgan fingerprint density at radius 3 is 1.03 bits per heavy atom. The van der Waals surface area contributed by atoms with E-state index in [9.17, 15) is 14.4 Å². The molecule has 0 amide bonds. The molecule has 0 aliphatic heterocycles. The van der Waals surface area contributed by atoms with Crippen molar-refractivity contribution in [2.24, 2.45) is 0 Å². The fourth-order valence-corrected chi connectivity index (χ4v) is 6.07. The molecule has 0 fully saturated rings. The van der Waals surface area contributed by atoms with Crippen LogP contribution in [0.4, 0.5) is 0 Å². The molecule has 0 aromatic heterocycles. The lowest BCUT2D eigenvalue weighted by Gasteiger charge is -2.18. The number of carbonyl (C=O) groups is 3. The van der Waals surface area contributed by atoms with Gasteiger partial charge in [-0.05, 0) is 96.3 Å². The van der Waals surface area contributed by atoms with E-state index >= 15 is 0 Å². The Balaban J connectivity index is 4.54. The molecule has 0 N–H and O–H groups in total. The van der Waals surface area contributed by atoms with E-state index in [4.69, 9.17) is 14.2 Å². The van der Waals surface area contributed by atoms with E-state index < -0.39 is 6.10 Å². The molecule has 1 unspecified atom stereocenters. The Hall–Kier alpha value is -3.67. The lowest BCUT2D eigenvalue weighted by molar-refractivity contribution is -0.167. The zero-order valence-electron chi connectivity index (χ0n) is 38.0. The largest absolute Gasteiger partial charge is 0.462 e. The minimum Gasteiger partial charge on any atom is -0.462 e. The van der Waals surface area contributed by atoms with E-state index in [-0.39, 0.29) is 37.5 Å². The van der Waals surface area contributed by atoms with Gasteiger partial charge in [0.1, 0.15) is 13.2 Å². The number of unbranched alkanes of at least 4 members (excludes halogenated alkanes) is 14. The molecule has 0 aliphatic carbocycles. The Morgan fingerprint density at radius 1 is 0.356 bits per heavy atom. The summed E-state index contributed by atoms with van der Waals surface area (Å²) in [4.78, 5) is 37.8. The van der Waals surface area contributed by atoms with Crippen LogP contribution in [0.2, 0.25) is 0 Å². The molecular formula is C53H86O6. The van der Waals surface area contributed by atoms with Crippen molar-refractivity contribution in [2.75, 3.05) is 13.2 Å². The van der Waals surface area contributed by atoms with Gasteiger partial charge in [-0.15, -0.1) is 0 Å². The summed E-state index contributed by atoms with van der Waals surface area (Å²) in [6, 6.07) is 0. The van der Waals surface area contributed by atoms with Crippen LogP contribution >= 0.6 is 0 Å². The minimum absolute atomic E-state index is 0.107. The summed E-state index contributed by atoms with van der Waals surface area (Å²) in [5.41, 5.74) is 0. The fourth-order valence-electron chi connectivity index (χ4n) is 6.07. The van der Waals surface area contributed by atoms with Crippen LogP contribution in [-0.2, 0) is 28.6 Å². The summed E-state index contributed by atoms with van der Waals surface area (Å²) in [6.07, 6.45) is 61.1. The van der Waals surface area contributed by atoms with Gasteiger partial charge in [0, 0.05) is 19.3 Å². The normalized spacial score (nSPS) is 12.9. The third-order valence-corrected chi connectivity index (χ3v) is 9.58. The van der Waals surface area contributed by atoms with Crippen molar-refractivity contribution in [2.45, 2.75) is 207 Å². The molecule has 0 aromatic carbocycles. The molecule has 6 heteroatoms. The number of hydrogen-bond acceptors (Lipinski definition) is 6. The molecule has 0 aliphatic rings. The van der Waals surface area contributed by atoms with E-state index in [0.29, 0.717) is 25.7 Å². The summed E-state index contributed by atoms with van der Waals surface area (Å²) in [5.74, 6) is -1.00. The average Bonchev–Trinajstić information content (AvgIpc) is 3.23. The Labute approximate surface area is 362 Å². The quantitative estimate of drug-likeness (QED) is 0.0265. The summed E-state index contributed by atoms with van der Waals surface area (Å²) in [5, 5.41) is 0. The van der Waals surface area contributed by atoms with Crippen molar-refractivity contribution < 1.29 is 28.6 Å². The zero-order chi connectivity index (χ0) is 43.0. The average molecular weight is 819 g/mol. The van der Waals surface area contributed by atoms with Crippen molar-refractivity contribution in [1.82, 2.24) is 0 Å². The van der Waals surface area contributed by atoms with Gasteiger partial charge in [0.2, 0.25) is 0 Å². The molecule has 59 heavy (non-hydrogen) atoms.